The second kappa shape index (κ2) is 59.8. The summed E-state index contributed by atoms with van der Waals surface area (Å²) < 4.78 is 34.6. The number of esters is 2. The number of phosphoric acid groups is 1. The molecule has 0 heterocycles. The van der Waals surface area contributed by atoms with Crippen LogP contribution in [0.15, 0.2) is 36.5 Å². The molecule has 460 valence electrons. The minimum absolute atomic E-state index is 0.0291. The van der Waals surface area contributed by atoms with Gasteiger partial charge in [-0.05, 0) is 44.9 Å². The molecule has 2 atom stereocenters. The molecule has 0 aliphatic carbocycles. The van der Waals surface area contributed by atoms with Crippen LogP contribution in [0.4, 0.5) is 0 Å². The highest BCUT2D eigenvalue weighted by Crippen LogP contribution is 2.43. The van der Waals surface area contributed by atoms with Crippen LogP contribution in [0.25, 0.3) is 0 Å². The van der Waals surface area contributed by atoms with Gasteiger partial charge in [0.2, 0.25) is 0 Å². The Bertz CT molecular complexity index is 1410. The molecular formula is C68H131NO8P+. The summed E-state index contributed by atoms with van der Waals surface area (Å²) in [5.41, 5.74) is 0. The predicted octanol–water partition coefficient (Wildman–Crippen LogP) is 21.5. The number of phosphoric ester groups is 1. The number of unbranched alkanes of at least 4 members (excludes halogenated alkanes) is 43. The fourth-order valence-corrected chi connectivity index (χ4v) is 10.8. The molecule has 0 aromatic carbocycles. The molecular weight excluding hydrogens is 990 g/mol. The monoisotopic (exact) mass is 1120 g/mol. The number of nitrogens with zero attached hydrogens (tertiary/aromatic N) is 1. The fraction of sp³-hybridized carbons (Fsp3) is 0.882. The summed E-state index contributed by atoms with van der Waals surface area (Å²) >= 11 is 0. The van der Waals surface area contributed by atoms with Crippen LogP contribution in [-0.4, -0.2) is 74.9 Å². The summed E-state index contributed by atoms with van der Waals surface area (Å²) in [6.45, 7) is 4.35. The average Bonchev–Trinajstić information content (AvgIpc) is 3.41. The van der Waals surface area contributed by atoms with Gasteiger partial charge in [-0.2, -0.15) is 0 Å². The van der Waals surface area contributed by atoms with Gasteiger partial charge in [-0.25, -0.2) is 4.57 Å². The van der Waals surface area contributed by atoms with E-state index in [0.717, 1.165) is 70.6 Å². The van der Waals surface area contributed by atoms with E-state index in [-0.39, 0.29) is 32.0 Å². The van der Waals surface area contributed by atoms with Crippen molar-refractivity contribution in [1.82, 2.24) is 0 Å². The number of rotatable bonds is 63. The van der Waals surface area contributed by atoms with Crippen molar-refractivity contribution in [3.05, 3.63) is 36.5 Å². The lowest BCUT2D eigenvalue weighted by Gasteiger charge is -2.24. The van der Waals surface area contributed by atoms with Crippen molar-refractivity contribution < 1.29 is 42.1 Å². The van der Waals surface area contributed by atoms with E-state index in [0.29, 0.717) is 17.4 Å². The molecule has 0 aromatic heterocycles. The molecule has 0 radical (unpaired) electrons. The summed E-state index contributed by atoms with van der Waals surface area (Å²) in [5.74, 6) is -0.804. The maximum absolute atomic E-state index is 12.8. The van der Waals surface area contributed by atoms with Crippen LogP contribution in [0, 0.1) is 0 Å². The molecule has 1 N–H and O–H groups in total. The van der Waals surface area contributed by atoms with E-state index < -0.39 is 26.5 Å². The number of quaternary nitrogens is 1. The molecule has 0 bridgehead atoms. The molecule has 0 aliphatic heterocycles. The molecule has 78 heavy (non-hydrogen) atoms. The molecule has 10 heteroatoms. The van der Waals surface area contributed by atoms with Gasteiger partial charge in [-0.15, -0.1) is 0 Å². The third-order valence-electron chi connectivity index (χ3n) is 15.2. The van der Waals surface area contributed by atoms with E-state index in [1.54, 1.807) is 0 Å². The Morgan fingerprint density at radius 1 is 0.410 bits per heavy atom. The molecule has 0 rings (SSSR count). The van der Waals surface area contributed by atoms with Crippen LogP contribution in [0.5, 0.6) is 0 Å². The Kier molecular flexibility index (Phi) is 58.5. The van der Waals surface area contributed by atoms with Gasteiger partial charge in [0, 0.05) is 12.8 Å². The SMILES string of the molecule is CC/C=C\C/C=C\C/C=C\CCCCCCCC(=O)OC(COC(=O)CCCCCCCCCCCCCCCCCCCCCCCCCCCCCCCCCCCCCCCCC)COP(=O)(O)OCC[N+](C)(C)C. The molecule has 0 saturated carbocycles. The third kappa shape index (κ3) is 63.4. The first-order chi connectivity index (χ1) is 38.0. The van der Waals surface area contributed by atoms with Crippen molar-refractivity contribution in [1.29, 1.82) is 0 Å². The smallest absolute Gasteiger partial charge is 0.462 e. The van der Waals surface area contributed by atoms with E-state index in [1.165, 1.54) is 231 Å². The van der Waals surface area contributed by atoms with Gasteiger partial charge in [-0.1, -0.05) is 314 Å². The van der Waals surface area contributed by atoms with Gasteiger partial charge in [0.05, 0.1) is 27.7 Å². The zero-order chi connectivity index (χ0) is 57.0. The number of carbonyl (C=O) groups is 2. The van der Waals surface area contributed by atoms with Crippen LogP contribution in [-0.2, 0) is 32.7 Å². The number of hydrogen-bond acceptors (Lipinski definition) is 7. The Balaban J connectivity index is 3.84. The molecule has 0 amide bonds. The highest BCUT2D eigenvalue weighted by molar-refractivity contribution is 7.47. The lowest BCUT2D eigenvalue weighted by Crippen LogP contribution is -2.37. The topological polar surface area (TPSA) is 108 Å². The molecule has 0 aliphatic rings. The summed E-state index contributed by atoms with van der Waals surface area (Å²) in [6, 6.07) is 0. The lowest BCUT2D eigenvalue weighted by molar-refractivity contribution is -0.870. The van der Waals surface area contributed by atoms with E-state index in [2.05, 4.69) is 50.3 Å². The van der Waals surface area contributed by atoms with Gasteiger partial charge >= 0.3 is 19.8 Å². The molecule has 0 fully saturated rings. The maximum Gasteiger partial charge on any atom is 0.472 e. The summed E-state index contributed by atoms with van der Waals surface area (Å²) in [7, 11) is 1.48. The first kappa shape index (κ1) is 76.2. The van der Waals surface area contributed by atoms with Gasteiger partial charge < -0.3 is 18.9 Å². The zero-order valence-corrected chi connectivity index (χ0v) is 53.3. The Hall–Kier alpha value is -1.77. The van der Waals surface area contributed by atoms with Crippen LogP contribution in [0.1, 0.15) is 335 Å². The lowest BCUT2D eigenvalue weighted by atomic mass is 10.0. The van der Waals surface area contributed by atoms with Crippen LogP contribution >= 0.6 is 7.82 Å². The van der Waals surface area contributed by atoms with Crippen molar-refractivity contribution in [2.75, 3.05) is 47.5 Å². The van der Waals surface area contributed by atoms with E-state index in [4.69, 9.17) is 18.5 Å². The van der Waals surface area contributed by atoms with Crippen LogP contribution in [0.3, 0.4) is 0 Å². The first-order valence-corrected chi connectivity index (χ1v) is 35.2. The predicted molar refractivity (Wildman–Crippen MR) is 335 cm³/mol. The van der Waals surface area contributed by atoms with E-state index in [9.17, 15) is 19.0 Å². The number of carbonyl (C=O) groups excluding carboxylic acids is 2. The summed E-state index contributed by atoms with van der Waals surface area (Å²) in [4.78, 5) is 35.7. The van der Waals surface area contributed by atoms with Crippen molar-refractivity contribution in [2.45, 2.75) is 341 Å². The Labute approximate surface area is 484 Å². The highest BCUT2D eigenvalue weighted by atomic mass is 31.2. The van der Waals surface area contributed by atoms with Crippen molar-refractivity contribution in [3.8, 4) is 0 Å². The van der Waals surface area contributed by atoms with E-state index >= 15 is 0 Å². The molecule has 0 saturated heterocycles. The first-order valence-electron chi connectivity index (χ1n) is 33.7. The normalized spacial score (nSPS) is 13.4. The standard InChI is InChI=1S/C68H130NO8P/c1-6-8-10-12-14-16-18-20-22-23-24-25-26-27-28-29-30-31-32-33-34-35-36-37-38-39-40-41-42-43-44-45-47-48-50-52-54-56-58-60-67(70)74-64-66(65-76-78(72,73)75-63-62-69(3,4)5)77-68(71)61-59-57-55-53-51-49-46-21-19-17-15-13-11-9-7-2/h9,11,15,17,21,46,66H,6-8,10,12-14,16,18-20,22-45,47-65H2,1-5H3/p+1/b11-9-,17-15-,46-21-. The zero-order valence-electron chi connectivity index (χ0n) is 52.4. The minimum Gasteiger partial charge on any atom is -0.462 e. The molecule has 2 unspecified atom stereocenters. The minimum atomic E-state index is -4.39. The van der Waals surface area contributed by atoms with Gasteiger partial charge in [0.25, 0.3) is 0 Å². The van der Waals surface area contributed by atoms with Gasteiger partial charge in [0.1, 0.15) is 19.8 Å². The second-order valence-electron chi connectivity index (χ2n) is 24.2. The van der Waals surface area contributed by atoms with Crippen LogP contribution in [0.2, 0.25) is 0 Å². The summed E-state index contributed by atoms with van der Waals surface area (Å²) in [6.07, 6.45) is 75.7. The maximum atomic E-state index is 12.8. The Morgan fingerprint density at radius 2 is 0.731 bits per heavy atom. The third-order valence-corrected chi connectivity index (χ3v) is 16.2. The Morgan fingerprint density at radius 3 is 1.09 bits per heavy atom. The molecule has 9 nitrogen and oxygen atoms in total. The number of ether oxygens (including phenoxy) is 2. The fourth-order valence-electron chi connectivity index (χ4n) is 10.0. The van der Waals surface area contributed by atoms with E-state index in [1.807, 2.05) is 21.1 Å². The van der Waals surface area contributed by atoms with Crippen molar-refractivity contribution in [3.63, 3.8) is 0 Å². The number of allylic oxidation sites excluding steroid dienone is 6. The second-order valence-corrected chi connectivity index (χ2v) is 25.6. The van der Waals surface area contributed by atoms with Gasteiger partial charge in [0.15, 0.2) is 6.10 Å². The molecule has 0 spiro atoms. The van der Waals surface area contributed by atoms with Crippen molar-refractivity contribution in [2.24, 2.45) is 0 Å². The van der Waals surface area contributed by atoms with Gasteiger partial charge in [-0.3, -0.25) is 18.6 Å². The quantitative estimate of drug-likeness (QED) is 0.0211. The van der Waals surface area contributed by atoms with Crippen LogP contribution < -0.4 is 0 Å². The highest BCUT2D eigenvalue weighted by Gasteiger charge is 2.27. The number of likely N-dealkylation sites (N-methyl/N-ethyl adjacent to an activating group) is 1. The average molecular weight is 1120 g/mol. The largest absolute Gasteiger partial charge is 0.472 e. The molecule has 0 aromatic rings. The number of hydrogen-bond donors (Lipinski definition) is 1. The van der Waals surface area contributed by atoms with Crippen molar-refractivity contribution >= 4 is 19.8 Å². The summed E-state index contributed by atoms with van der Waals surface area (Å²) in [5, 5.41) is 0.